The van der Waals surface area contributed by atoms with Crippen LogP contribution in [0.25, 0.3) is 0 Å². The van der Waals surface area contributed by atoms with Crippen LogP contribution in [0.3, 0.4) is 0 Å². The molecule has 0 radical (unpaired) electrons. The summed E-state index contributed by atoms with van der Waals surface area (Å²) >= 11 is 0. The molecular formula is C12H19N3O4S. The molecule has 1 saturated carbocycles. The van der Waals surface area contributed by atoms with Crippen LogP contribution in [0.5, 0.6) is 0 Å². The molecule has 0 aromatic carbocycles. The lowest BCUT2D eigenvalue weighted by Crippen LogP contribution is -2.23. The Morgan fingerprint density at radius 3 is 2.75 bits per heavy atom. The Hall–Kier alpha value is -1.44. The molecule has 1 fully saturated rings. The highest BCUT2D eigenvalue weighted by Crippen LogP contribution is 2.50. The highest BCUT2D eigenvalue weighted by atomic mass is 32.2. The molecule has 0 spiro atoms. The van der Waals surface area contributed by atoms with Crippen LogP contribution in [0, 0.1) is 5.41 Å². The number of nitrogens with zero attached hydrogens (tertiary/aromatic N) is 3. The van der Waals surface area contributed by atoms with Gasteiger partial charge in [-0.25, -0.2) is 18.1 Å². The molecule has 0 amide bonds. The van der Waals surface area contributed by atoms with Gasteiger partial charge in [-0.3, -0.25) is 4.79 Å². The number of ether oxygens (including phenoxy) is 1. The molecule has 1 aromatic rings. The molecular weight excluding hydrogens is 282 g/mol. The number of carbonyl (C=O) groups excluding carboxylic acids is 1. The topological polar surface area (TPSA) is 91.1 Å². The summed E-state index contributed by atoms with van der Waals surface area (Å²) in [7, 11) is -2.00. The van der Waals surface area contributed by atoms with Crippen molar-refractivity contribution in [2.45, 2.75) is 38.5 Å². The number of hydrogen-bond donors (Lipinski definition) is 0. The van der Waals surface area contributed by atoms with Gasteiger partial charge in [-0.1, -0.05) is 0 Å². The molecule has 0 bridgehead atoms. The van der Waals surface area contributed by atoms with E-state index in [9.17, 15) is 13.2 Å². The summed E-state index contributed by atoms with van der Waals surface area (Å²) in [6.45, 7) is 2.46. The van der Waals surface area contributed by atoms with Gasteiger partial charge in [0.25, 0.3) is 0 Å². The van der Waals surface area contributed by atoms with Gasteiger partial charge >= 0.3 is 5.97 Å². The highest BCUT2D eigenvalue weighted by Gasteiger charge is 2.48. The zero-order chi connectivity index (χ0) is 14.8. The van der Waals surface area contributed by atoms with Gasteiger partial charge in [0.05, 0.1) is 19.3 Å². The van der Waals surface area contributed by atoms with Crippen molar-refractivity contribution in [3.8, 4) is 0 Å². The number of carbonyl (C=O) groups is 1. The molecule has 2 rings (SSSR count). The molecule has 112 valence electrons. The summed E-state index contributed by atoms with van der Waals surface area (Å²) in [5, 5.41) is 3.96. The van der Waals surface area contributed by atoms with Crippen molar-refractivity contribution in [1.29, 1.82) is 0 Å². The van der Waals surface area contributed by atoms with Crippen LogP contribution in [0.4, 0.5) is 0 Å². The first kappa shape index (κ1) is 15.0. The van der Waals surface area contributed by atoms with Crippen LogP contribution >= 0.6 is 0 Å². The van der Waals surface area contributed by atoms with E-state index in [1.807, 2.05) is 6.92 Å². The third kappa shape index (κ3) is 3.56. The van der Waals surface area contributed by atoms with Gasteiger partial charge in [-0.2, -0.15) is 5.10 Å². The molecule has 1 aromatic heterocycles. The zero-order valence-corrected chi connectivity index (χ0v) is 12.5. The number of methoxy groups -OCH3 is 1. The first-order valence-corrected chi connectivity index (χ1v) is 8.36. The average molecular weight is 301 g/mol. The maximum absolute atomic E-state index is 12.3. The summed E-state index contributed by atoms with van der Waals surface area (Å²) in [5.74, 6) is -0.0362. The van der Waals surface area contributed by atoms with Crippen molar-refractivity contribution in [2.75, 3.05) is 12.9 Å². The smallest absolute Gasteiger partial charge is 0.306 e. The van der Waals surface area contributed by atoms with Crippen molar-refractivity contribution in [1.82, 2.24) is 14.8 Å². The van der Waals surface area contributed by atoms with Crippen molar-refractivity contribution in [2.24, 2.45) is 5.41 Å². The minimum atomic E-state index is -3.32. The van der Waals surface area contributed by atoms with Crippen molar-refractivity contribution in [3.63, 3.8) is 0 Å². The maximum Gasteiger partial charge on any atom is 0.306 e. The fraction of sp³-hybridized carbons (Fsp3) is 0.750. The van der Waals surface area contributed by atoms with Gasteiger partial charge in [-0.05, 0) is 25.2 Å². The number of rotatable bonds is 7. The highest BCUT2D eigenvalue weighted by molar-refractivity contribution is 7.90. The molecule has 7 nitrogen and oxygen atoms in total. The quantitative estimate of drug-likeness (QED) is 0.683. The molecule has 8 heteroatoms. The van der Waals surface area contributed by atoms with Crippen LogP contribution in [0.1, 0.15) is 32.0 Å². The third-order valence-electron chi connectivity index (χ3n) is 3.57. The molecule has 20 heavy (non-hydrogen) atoms. The normalized spacial score (nSPS) is 16.9. The summed E-state index contributed by atoms with van der Waals surface area (Å²) < 4.78 is 30.7. The molecule has 1 heterocycles. The minimum Gasteiger partial charge on any atom is -0.469 e. The fourth-order valence-corrected chi connectivity index (χ4v) is 4.35. The van der Waals surface area contributed by atoms with Crippen LogP contribution in [-0.2, 0) is 31.7 Å². The lowest BCUT2D eigenvalue weighted by Gasteiger charge is -2.13. The summed E-state index contributed by atoms with van der Waals surface area (Å²) in [6.07, 6.45) is 3.03. The van der Waals surface area contributed by atoms with Gasteiger partial charge in [0.1, 0.15) is 17.9 Å². The first-order chi connectivity index (χ1) is 9.40. The van der Waals surface area contributed by atoms with E-state index in [4.69, 9.17) is 0 Å². The SMILES string of the molecule is CCn1ncnc1CS(=O)(=O)CC1(CC(=O)OC)CC1. The lowest BCUT2D eigenvalue weighted by atomic mass is 10.1. The van der Waals surface area contributed by atoms with Gasteiger partial charge in [0.15, 0.2) is 9.84 Å². The van der Waals surface area contributed by atoms with Crippen molar-refractivity contribution in [3.05, 3.63) is 12.2 Å². The second-order valence-electron chi connectivity index (χ2n) is 5.28. The molecule has 0 aliphatic heterocycles. The molecule has 1 aliphatic carbocycles. The summed E-state index contributed by atoms with van der Waals surface area (Å²) in [4.78, 5) is 15.3. The predicted octanol–water partition coefficient (Wildman–Crippen LogP) is 0.556. The van der Waals surface area contributed by atoms with Crippen LogP contribution in [-0.4, -0.2) is 42.0 Å². The fourth-order valence-electron chi connectivity index (χ4n) is 2.31. The van der Waals surface area contributed by atoms with E-state index in [1.54, 1.807) is 4.68 Å². The Kier molecular flexibility index (Phi) is 4.12. The molecule has 0 unspecified atom stereocenters. The van der Waals surface area contributed by atoms with Gasteiger partial charge in [0, 0.05) is 6.54 Å². The van der Waals surface area contributed by atoms with E-state index in [-0.39, 0.29) is 23.9 Å². The van der Waals surface area contributed by atoms with Crippen molar-refractivity contribution >= 4 is 15.8 Å². The second kappa shape index (κ2) is 5.51. The third-order valence-corrected chi connectivity index (χ3v) is 5.32. The zero-order valence-electron chi connectivity index (χ0n) is 11.7. The standard InChI is InChI=1S/C12H19N3O4S/c1-3-15-10(13-9-14-15)7-20(17,18)8-12(4-5-12)6-11(16)19-2/h9H,3-8H2,1-2H3. The first-order valence-electron chi connectivity index (χ1n) is 6.54. The van der Waals surface area contributed by atoms with E-state index in [0.717, 1.165) is 12.8 Å². The number of esters is 1. The number of hydrogen-bond acceptors (Lipinski definition) is 6. The van der Waals surface area contributed by atoms with Crippen molar-refractivity contribution < 1.29 is 17.9 Å². The Bertz CT molecular complexity index is 590. The second-order valence-corrected chi connectivity index (χ2v) is 7.34. The Labute approximate surface area is 118 Å². The number of aryl methyl sites for hydroxylation is 1. The average Bonchev–Trinajstić information content (AvgIpc) is 2.96. The monoisotopic (exact) mass is 301 g/mol. The molecule has 1 aliphatic rings. The van der Waals surface area contributed by atoms with E-state index < -0.39 is 15.3 Å². The van der Waals surface area contributed by atoms with Crippen LogP contribution < -0.4 is 0 Å². The maximum atomic E-state index is 12.3. The van der Waals surface area contributed by atoms with Crippen LogP contribution in [0.2, 0.25) is 0 Å². The molecule has 0 N–H and O–H groups in total. The van der Waals surface area contributed by atoms with E-state index in [1.165, 1.54) is 13.4 Å². The predicted molar refractivity (Wildman–Crippen MR) is 71.5 cm³/mol. The van der Waals surface area contributed by atoms with Gasteiger partial charge < -0.3 is 4.74 Å². The lowest BCUT2D eigenvalue weighted by molar-refractivity contribution is -0.141. The van der Waals surface area contributed by atoms with Crippen LogP contribution in [0.15, 0.2) is 6.33 Å². The number of sulfone groups is 1. The molecule has 0 saturated heterocycles. The van der Waals surface area contributed by atoms with E-state index in [0.29, 0.717) is 12.4 Å². The van der Waals surface area contributed by atoms with E-state index in [2.05, 4.69) is 14.8 Å². The Morgan fingerprint density at radius 2 is 2.20 bits per heavy atom. The van der Waals surface area contributed by atoms with E-state index >= 15 is 0 Å². The van der Waals surface area contributed by atoms with Gasteiger partial charge in [-0.15, -0.1) is 0 Å². The number of aromatic nitrogens is 3. The summed E-state index contributed by atoms with van der Waals surface area (Å²) in [6, 6.07) is 0. The Balaban J connectivity index is 2.03. The minimum absolute atomic E-state index is 0.00563. The summed E-state index contributed by atoms with van der Waals surface area (Å²) in [5.41, 5.74) is -0.428. The Morgan fingerprint density at radius 1 is 1.50 bits per heavy atom. The largest absolute Gasteiger partial charge is 0.469 e. The molecule has 0 atom stereocenters. The van der Waals surface area contributed by atoms with Gasteiger partial charge in [0.2, 0.25) is 0 Å².